The fraction of sp³-hybridized carbons (Fsp3) is 0.333. The van der Waals surface area contributed by atoms with E-state index < -0.39 is 9.84 Å². The fourth-order valence-electron chi connectivity index (χ4n) is 1.92. The SMILES string of the molecule is CS(=O)(=O)c1ccccc1C1=CCNCC1. The van der Waals surface area contributed by atoms with Crippen LogP contribution in [0.15, 0.2) is 35.2 Å². The van der Waals surface area contributed by atoms with Crippen molar-refractivity contribution in [3.63, 3.8) is 0 Å². The van der Waals surface area contributed by atoms with Crippen LogP contribution in [0.5, 0.6) is 0 Å². The lowest BCUT2D eigenvalue weighted by atomic mass is 10.0. The minimum absolute atomic E-state index is 0.433. The lowest BCUT2D eigenvalue weighted by Gasteiger charge is -2.16. The quantitative estimate of drug-likeness (QED) is 0.847. The summed E-state index contributed by atoms with van der Waals surface area (Å²) in [6.07, 6.45) is 4.20. The molecule has 1 N–H and O–H groups in total. The number of benzene rings is 1. The van der Waals surface area contributed by atoms with E-state index >= 15 is 0 Å². The minimum Gasteiger partial charge on any atom is -0.313 e. The Morgan fingerprint density at radius 2 is 2.00 bits per heavy atom. The van der Waals surface area contributed by atoms with Gasteiger partial charge in [-0.1, -0.05) is 24.3 Å². The van der Waals surface area contributed by atoms with Crippen molar-refractivity contribution in [1.82, 2.24) is 5.32 Å². The number of hydrogen-bond acceptors (Lipinski definition) is 3. The molecule has 2 rings (SSSR count). The molecule has 3 nitrogen and oxygen atoms in total. The lowest BCUT2D eigenvalue weighted by molar-refractivity contribution is 0.601. The Morgan fingerprint density at radius 1 is 1.25 bits per heavy atom. The highest BCUT2D eigenvalue weighted by molar-refractivity contribution is 7.90. The van der Waals surface area contributed by atoms with Crippen LogP contribution >= 0.6 is 0 Å². The van der Waals surface area contributed by atoms with Gasteiger partial charge in [-0.15, -0.1) is 0 Å². The largest absolute Gasteiger partial charge is 0.313 e. The monoisotopic (exact) mass is 237 g/mol. The van der Waals surface area contributed by atoms with Gasteiger partial charge in [-0.3, -0.25) is 0 Å². The minimum atomic E-state index is -3.14. The smallest absolute Gasteiger partial charge is 0.176 e. The number of sulfone groups is 1. The summed E-state index contributed by atoms with van der Waals surface area (Å²) in [5.41, 5.74) is 1.98. The van der Waals surface area contributed by atoms with E-state index in [2.05, 4.69) is 11.4 Å². The average Bonchev–Trinajstić information content (AvgIpc) is 2.29. The molecule has 0 spiro atoms. The van der Waals surface area contributed by atoms with Crippen LogP contribution in [-0.2, 0) is 9.84 Å². The molecular weight excluding hydrogens is 222 g/mol. The van der Waals surface area contributed by atoms with E-state index in [-0.39, 0.29) is 0 Å². The zero-order valence-corrected chi connectivity index (χ0v) is 10.0. The summed E-state index contributed by atoms with van der Waals surface area (Å²) in [5, 5.41) is 3.22. The topological polar surface area (TPSA) is 46.2 Å². The molecule has 1 aliphatic heterocycles. The average molecular weight is 237 g/mol. The van der Waals surface area contributed by atoms with Gasteiger partial charge in [0.15, 0.2) is 9.84 Å². The molecule has 0 atom stereocenters. The van der Waals surface area contributed by atoms with Crippen molar-refractivity contribution >= 4 is 15.4 Å². The first-order valence-electron chi connectivity index (χ1n) is 5.28. The molecule has 0 saturated heterocycles. The molecule has 0 fully saturated rings. The van der Waals surface area contributed by atoms with Gasteiger partial charge in [0, 0.05) is 12.8 Å². The second-order valence-corrected chi connectivity index (χ2v) is 5.94. The Morgan fingerprint density at radius 3 is 2.62 bits per heavy atom. The van der Waals surface area contributed by atoms with Crippen molar-refractivity contribution in [2.75, 3.05) is 19.3 Å². The maximum absolute atomic E-state index is 11.7. The predicted molar refractivity (Wildman–Crippen MR) is 65.0 cm³/mol. The maximum Gasteiger partial charge on any atom is 0.176 e. The van der Waals surface area contributed by atoms with Gasteiger partial charge in [0.1, 0.15) is 0 Å². The highest BCUT2D eigenvalue weighted by Crippen LogP contribution is 2.26. The second-order valence-electron chi connectivity index (χ2n) is 3.95. The molecule has 0 radical (unpaired) electrons. The van der Waals surface area contributed by atoms with Crippen molar-refractivity contribution in [3.05, 3.63) is 35.9 Å². The highest BCUT2D eigenvalue weighted by atomic mass is 32.2. The van der Waals surface area contributed by atoms with Crippen molar-refractivity contribution in [3.8, 4) is 0 Å². The summed E-state index contributed by atoms with van der Waals surface area (Å²) in [6.45, 7) is 1.72. The Labute approximate surface area is 96.1 Å². The van der Waals surface area contributed by atoms with Crippen LogP contribution < -0.4 is 5.32 Å². The maximum atomic E-state index is 11.7. The highest BCUT2D eigenvalue weighted by Gasteiger charge is 2.16. The standard InChI is InChI=1S/C12H15NO2S/c1-16(14,15)12-5-3-2-4-11(12)10-6-8-13-9-7-10/h2-6,13H,7-9H2,1H3. The van der Waals surface area contributed by atoms with Gasteiger partial charge in [0.05, 0.1) is 4.90 Å². The van der Waals surface area contributed by atoms with Gasteiger partial charge in [-0.05, 0) is 30.2 Å². The Hall–Kier alpha value is -1.13. The molecule has 0 saturated carbocycles. The second kappa shape index (κ2) is 4.39. The summed E-state index contributed by atoms with van der Waals surface area (Å²) < 4.78 is 23.3. The molecule has 0 aliphatic carbocycles. The third-order valence-corrected chi connectivity index (χ3v) is 3.85. The van der Waals surface area contributed by atoms with Crippen LogP contribution in [0.4, 0.5) is 0 Å². The molecule has 16 heavy (non-hydrogen) atoms. The Kier molecular flexibility index (Phi) is 3.12. The molecule has 1 aliphatic rings. The number of rotatable bonds is 2. The zero-order valence-electron chi connectivity index (χ0n) is 9.23. The van der Waals surface area contributed by atoms with E-state index in [0.717, 1.165) is 30.6 Å². The molecule has 0 bridgehead atoms. The van der Waals surface area contributed by atoms with Crippen LogP contribution in [0, 0.1) is 0 Å². The molecule has 1 heterocycles. The van der Waals surface area contributed by atoms with Crippen LogP contribution in [0.1, 0.15) is 12.0 Å². The molecule has 0 amide bonds. The molecule has 1 aromatic rings. The van der Waals surface area contributed by atoms with Crippen molar-refractivity contribution in [1.29, 1.82) is 0 Å². The van der Waals surface area contributed by atoms with Crippen molar-refractivity contribution in [2.24, 2.45) is 0 Å². The van der Waals surface area contributed by atoms with Crippen LogP contribution in [0.25, 0.3) is 5.57 Å². The van der Waals surface area contributed by atoms with Crippen LogP contribution in [0.2, 0.25) is 0 Å². The molecule has 1 aromatic carbocycles. The fourth-order valence-corrected chi connectivity index (χ4v) is 2.85. The predicted octanol–water partition coefficient (Wildman–Crippen LogP) is 1.47. The van der Waals surface area contributed by atoms with Gasteiger partial charge in [-0.2, -0.15) is 0 Å². The number of hydrogen-bond donors (Lipinski definition) is 1. The summed E-state index contributed by atoms with van der Waals surface area (Å²) in [4.78, 5) is 0.433. The van der Waals surface area contributed by atoms with Crippen molar-refractivity contribution < 1.29 is 8.42 Å². The van der Waals surface area contributed by atoms with Gasteiger partial charge >= 0.3 is 0 Å². The summed E-state index contributed by atoms with van der Waals surface area (Å²) in [6, 6.07) is 7.20. The molecule has 0 unspecified atom stereocenters. The summed E-state index contributed by atoms with van der Waals surface area (Å²) in [5.74, 6) is 0. The van der Waals surface area contributed by atoms with Gasteiger partial charge < -0.3 is 5.32 Å². The first-order chi connectivity index (χ1) is 7.59. The third-order valence-electron chi connectivity index (χ3n) is 2.70. The van der Waals surface area contributed by atoms with Gasteiger partial charge in [0.2, 0.25) is 0 Å². The van der Waals surface area contributed by atoms with E-state index in [1.165, 1.54) is 6.26 Å². The molecule has 4 heteroatoms. The van der Waals surface area contributed by atoms with Crippen LogP contribution in [0.3, 0.4) is 0 Å². The normalized spacial score (nSPS) is 16.9. The van der Waals surface area contributed by atoms with Crippen molar-refractivity contribution in [2.45, 2.75) is 11.3 Å². The van der Waals surface area contributed by atoms with E-state index in [0.29, 0.717) is 4.90 Å². The van der Waals surface area contributed by atoms with E-state index in [1.54, 1.807) is 12.1 Å². The van der Waals surface area contributed by atoms with E-state index in [1.807, 2.05) is 12.1 Å². The molecule has 0 aromatic heterocycles. The van der Waals surface area contributed by atoms with Gasteiger partial charge in [-0.25, -0.2) is 8.42 Å². The number of nitrogens with one attached hydrogen (secondary N) is 1. The van der Waals surface area contributed by atoms with Gasteiger partial charge in [0.25, 0.3) is 0 Å². The molecule has 86 valence electrons. The zero-order chi connectivity index (χ0) is 11.6. The first-order valence-corrected chi connectivity index (χ1v) is 7.17. The Bertz CT molecular complexity index is 518. The third kappa shape index (κ3) is 2.33. The lowest BCUT2D eigenvalue weighted by Crippen LogP contribution is -2.20. The van der Waals surface area contributed by atoms with E-state index in [9.17, 15) is 8.42 Å². The van der Waals surface area contributed by atoms with E-state index in [4.69, 9.17) is 0 Å². The molecular formula is C12H15NO2S. The summed E-state index contributed by atoms with van der Waals surface area (Å²) >= 11 is 0. The summed E-state index contributed by atoms with van der Waals surface area (Å²) in [7, 11) is -3.14. The Balaban J connectivity index is 2.52. The first kappa shape index (κ1) is 11.4. The van der Waals surface area contributed by atoms with Crippen LogP contribution in [-0.4, -0.2) is 27.8 Å².